The van der Waals surface area contributed by atoms with Crippen LogP contribution in [0.1, 0.15) is 32.6 Å². The second-order valence-electron chi connectivity index (χ2n) is 2.77. The molecule has 0 aromatic rings. The third kappa shape index (κ3) is 2.10. The van der Waals surface area contributed by atoms with Crippen LogP contribution in [0, 0.1) is 0 Å². The molecule has 2 nitrogen and oxygen atoms in total. The standard InChI is InChI=1S/C8H14O2/c1-2-3-8-6-7(9)4-5-10-8/h8H,2-6H2,1H3/t8-/m1/s1. The Labute approximate surface area is 61.6 Å². The summed E-state index contributed by atoms with van der Waals surface area (Å²) in [5.74, 6) is 0.365. The molecule has 0 unspecified atom stereocenters. The normalized spacial score (nSPS) is 26.9. The predicted octanol–water partition coefficient (Wildman–Crippen LogP) is 1.53. The molecule has 0 amide bonds. The van der Waals surface area contributed by atoms with E-state index in [-0.39, 0.29) is 6.10 Å². The van der Waals surface area contributed by atoms with E-state index in [2.05, 4.69) is 6.92 Å². The first kappa shape index (κ1) is 7.73. The molecule has 1 aliphatic heterocycles. The molecular weight excluding hydrogens is 128 g/mol. The maximum atomic E-state index is 10.9. The van der Waals surface area contributed by atoms with E-state index in [1.165, 1.54) is 0 Å². The molecule has 10 heavy (non-hydrogen) atoms. The summed E-state index contributed by atoms with van der Waals surface area (Å²) < 4.78 is 5.37. The first-order valence-electron chi connectivity index (χ1n) is 3.96. The lowest BCUT2D eigenvalue weighted by Crippen LogP contribution is -2.25. The van der Waals surface area contributed by atoms with Crippen molar-refractivity contribution in [2.24, 2.45) is 0 Å². The van der Waals surface area contributed by atoms with E-state index in [0.717, 1.165) is 12.8 Å². The van der Waals surface area contributed by atoms with E-state index in [9.17, 15) is 4.79 Å². The minimum Gasteiger partial charge on any atom is -0.377 e. The Morgan fingerprint density at radius 2 is 2.50 bits per heavy atom. The second-order valence-corrected chi connectivity index (χ2v) is 2.77. The van der Waals surface area contributed by atoms with Crippen LogP contribution in [-0.2, 0) is 9.53 Å². The number of hydrogen-bond donors (Lipinski definition) is 0. The van der Waals surface area contributed by atoms with Gasteiger partial charge in [0.2, 0.25) is 0 Å². The van der Waals surface area contributed by atoms with Gasteiger partial charge in [0.05, 0.1) is 12.7 Å². The van der Waals surface area contributed by atoms with Gasteiger partial charge < -0.3 is 4.74 Å². The summed E-state index contributed by atoms with van der Waals surface area (Å²) in [5.41, 5.74) is 0. The molecule has 2 heteroatoms. The second kappa shape index (κ2) is 3.71. The van der Waals surface area contributed by atoms with Crippen molar-refractivity contribution in [1.82, 2.24) is 0 Å². The Morgan fingerprint density at radius 3 is 3.10 bits per heavy atom. The molecule has 1 rings (SSSR count). The largest absolute Gasteiger partial charge is 0.377 e. The molecule has 0 radical (unpaired) electrons. The lowest BCUT2D eigenvalue weighted by Gasteiger charge is -2.20. The van der Waals surface area contributed by atoms with Crippen LogP contribution >= 0.6 is 0 Å². The number of carbonyl (C=O) groups is 1. The summed E-state index contributed by atoms with van der Waals surface area (Å²) in [4.78, 5) is 10.9. The highest BCUT2D eigenvalue weighted by Gasteiger charge is 2.18. The molecule has 0 N–H and O–H groups in total. The summed E-state index contributed by atoms with van der Waals surface area (Å²) in [5, 5.41) is 0. The van der Waals surface area contributed by atoms with Crippen molar-refractivity contribution in [3.8, 4) is 0 Å². The van der Waals surface area contributed by atoms with Gasteiger partial charge in [-0.15, -0.1) is 0 Å². The molecule has 0 spiro atoms. The van der Waals surface area contributed by atoms with Crippen molar-refractivity contribution in [1.29, 1.82) is 0 Å². The lowest BCUT2D eigenvalue weighted by molar-refractivity contribution is -0.128. The molecule has 0 aromatic carbocycles. The van der Waals surface area contributed by atoms with E-state index in [1.54, 1.807) is 0 Å². The molecule has 1 saturated heterocycles. The molecular formula is C8H14O2. The van der Waals surface area contributed by atoms with Gasteiger partial charge in [-0.05, 0) is 6.42 Å². The molecule has 0 saturated carbocycles. The van der Waals surface area contributed by atoms with Crippen LogP contribution in [0.4, 0.5) is 0 Å². The number of Topliss-reactive ketones (excluding diaryl/α,β-unsaturated/α-hetero) is 1. The van der Waals surface area contributed by atoms with Crippen LogP contribution in [0.3, 0.4) is 0 Å². The van der Waals surface area contributed by atoms with Crippen molar-refractivity contribution in [3.63, 3.8) is 0 Å². The minimum atomic E-state index is 0.228. The molecule has 0 aliphatic carbocycles. The van der Waals surface area contributed by atoms with Gasteiger partial charge in [0, 0.05) is 12.8 Å². The zero-order valence-electron chi connectivity index (χ0n) is 6.43. The van der Waals surface area contributed by atoms with Crippen LogP contribution in [0.2, 0.25) is 0 Å². The molecule has 1 aliphatic rings. The van der Waals surface area contributed by atoms with E-state index in [0.29, 0.717) is 25.2 Å². The number of ketones is 1. The average Bonchev–Trinajstić information content (AvgIpc) is 1.88. The first-order valence-corrected chi connectivity index (χ1v) is 3.96. The van der Waals surface area contributed by atoms with Crippen molar-refractivity contribution < 1.29 is 9.53 Å². The van der Waals surface area contributed by atoms with Gasteiger partial charge in [0.1, 0.15) is 5.78 Å². The van der Waals surface area contributed by atoms with E-state index in [1.807, 2.05) is 0 Å². The monoisotopic (exact) mass is 142 g/mol. The first-order chi connectivity index (χ1) is 4.83. The van der Waals surface area contributed by atoms with Gasteiger partial charge in [-0.25, -0.2) is 0 Å². The zero-order valence-corrected chi connectivity index (χ0v) is 6.43. The average molecular weight is 142 g/mol. The fourth-order valence-corrected chi connectivity index (χ4v) is 1.26. The van der Waals surface area contributed by atoms with Crippen LogP contribution < -0.4 is 0 Å². The number of carbonyl (C=O) groups excluding carboxylic acids is 1. The van der Waals surface area contributed by atoms with Gasteiger partial charge in [0.15, 0.2) is 0 Å². The zero-order chi connectivity index (χ0) is 7.40. The highest BCUT2D eigenvalue weighted by molar-refractivity contribution is 5.79. The maximum Gasteiger partial charge on any atom is 0.137 e. The number of hydrogen-bond acceptors (Lipinski definition) is 2. The third-order valence-corrected chi connectivity index (χ3v) is 1.80. The topological polar surface area (TPSA) is 26.3 Å². The fraction of sp³-hybridized carbons (Fsp3) is 0.875. The van der Waals surface area contributed by atoms with Gasteiger partial charge in [-0.1, -0.05) is 13.3 Å². The highest BCUT2D eigenvalue weighted by atomic mass is 16.5. The predicted molar refractivity (Wildman–Crippen MR) is 38.9 cm³/mol. The number of ether oxygens (including phenoxy) is 1. The summed E-state index contributed by atoms with van der Waals surface area (Å²) in [7, 11) is 0. The highest BCUT2D eigenvalue weighted by Crippen LogP contribution is 2.13. The van der Waals surface area contributed by atoms with Crippen LogP contribution in [0.15, 0.2) is 0 Å². The smallest absolute Gasteiger partial charge is 0.137 e. The lowest BCUT2D eigenvalue weighted by atomic mass is 10.0. The van der Waals surface area contributed by atoms with Crippen molar-refractivity contribution in [2.75, 3.05) is 6.61 Å². The quantitative estimate of drug-likeness (QED) is 0.584. The van der Waals surface area contributed by atoms with Gasteiger partial charge in [0.25, 0.3) is 0 Å². The van der Waals surface area contributed by atoms with Gasteiger partial charge in [-0.2, -0.15) is 0 Å². The summed E-state index contributed by atoms with van der Waals surface area (Å²) in [6.45, 7) is 2.76. The maximum absolute atomic E-state index is 10.9. The SMILES string of the molecule is CCC[C@@H]1CC(=O)CCO1. The summed E-state index contributed by atoms with van der Waals surface area (Å²) in [6.07, 6.45) is 3.64. The number of rotatable bonds is 2. The summed E-state index contributed by atoms with van der Waals surface area (Å²) >= 11 is 0. The van der Waals surface area contributed by atoms with Gasteiger partial charge in [-0.3, -0.25) is 4.79 Å². The fourth-order valence-electron chi connectivity index (χ4n) is 1.26. The molecule has 1 heterocycles. The van der Waals surface area contributed by atoms with E-state index >= 15 is 0 Å². The summed E-state index contributed by atoms with van der Waals surface area (Å²) in [6, 6.07) is 0. The molecule has 1 fully saturated rings. The van der Waals surface area contributed by atoms with Crippen molar-refractivity contribution in [2.45, 2.75) is 38.7 Å². The molecule has 0 aromatic heterocycles. The molecule has 58 valence electrons. The van der Waals surface area contributed by atoms with Crippen molar-refractivity contribution >= 4 is 5.78 Å². The van der Waals surface area contributed by atoms with Crippen LogP contribution in [-0.4, -0.2) is 18.5 Å². The van der Waals surface area contributed by atoms with E-state index in [4.69, 9.17) is 4.74 Å². The Hall–Kier alpha value is -0.370. The van der Waals surface area contributed by atoms with Crippen LogP contribution in [0.25, 0.3) is 0 Å². The Balaban J connectivity index is 2.25. The Kier molecular flexibility index (Phi) is 2.87. The van der Waals surface area contributed by atoms with E-state index < -0.39 is 0 Å². The Morgan fingerprint density at radius 1 is 1.70 bits per heavy atom. The minimum absolute atomic E-state index is 0.228. The molecule has 1 atom stereocenters. The Bertz CT molecular complexity index is 118. The molecule has 0 bridgehead atoms. The van der Waals surface area contributed by atoms with Crippen molar-refractivity contribution in [3.05, 3.63) is 0 Å². The van der Waals surface area contributed by atoms with Crippen LogP contribution in [0.5, 0.6) is 0 Å². The van der Waals surface area contributed by atoms with Gasteiger partial charge >= 0.3 is 0 Å². The third-order valence-electron chi connectivity index (χ3n) is 1.80.